The van der Waals surface area contributed by atoms with E-state index in [-0.39, 0.29) is 0 Å². The van der Waals surface area contributed by atoms with Gasteiger partial charge < -0.3 is 10.0 Å². The van der Waals surface area contributed by atoms with Gasteiger partial charge in [0, 0.05) is 0 Å². The van der Waals surface area contributed by atoms with Crippen LogP contribution in [0.2, 0.25) is 0 Å². The van der Waals surface area contributed by atoms with Crippen LogP contribution < -0.4 is 5.46 Å². The zero-order chi connectivity index (χ0) is 12.4. The van der Waals surface area contributed by atoms with Gasteiger partial charge in [0.2, 0.25) is 0 Å². The fourth-order valence-corrected chi connectivity index (χ4v) is 1.84. The van der Waals surface area contributed by atoms with E-state index in [1.165, 1.54) is 5.56 Å². The standard InChI is InChI=1S/C14H15BO2/c1-10-3-6-12(7-4-10)14-9-13(15(16)17)8-5-11(14)2/h3-9,16-17H,1-2H3. The normalized spacial score (nSPS) is 10.4. The molecule has 86 valence electrons. The molecular formula is C14H15BO2. The Hall–Kier alpha value is -1.58. The minimum absolute atomic E-state index is 0.520. The highest BCUT2D eigenvalue weighted by Crippen LogP contribution is 2.22. The first kappa shape index (κ1) is 11.9. The average molecular weight is 226 g/mol. The van der Waals surface area contributed by atoms with Crippen molar-refractivity contribution in [1.82, 2.24) is 0 Å². The molecule has 0 fully saturated rings. The third-order valence-corrected chi connectivity index (χ3v) is 2.92. The van der Waals surface area contributed by atoms with Crippen molar-refractivity contribution in [2.24, 2.45) is 0 Å². The minimum Gasteiger partial charge on any atom is -0.423 e. The van der Waals surface area contributed by atoms with Crippen LogP contribution >= 0.6 is 0 Å². The molecular weight excluding hydrogens is 211 g/mol. The maximum atomic E-state index is 9.19. The van der Waals surface area contributed by atoms with Gasteiger partial charge in [0.05, 0.1) is 0 Å². The molecule has 0 heterocycles. The Labute approximate surface area is 102 Å². The molecule has 2 aromatic rings. The summed E-state index contributed by atoms with van der Waals surface area (Å²) < 4.78 is 0. The molecule has 0 aromatic heterocycles. The first-order valence-electron chi connectivity index (χ1n) is 5.61. The van der Waals surface area contributed by atoms with E-state index in [0.717, 1.165) is 16.7 Å². The Balaban J connectivity index is 2.50. The molecule has 0 aliphatic carbocycles. The number of benzene rings is 2. The zero-order valence-electron chi connectivity index (χ0n) is 10.0. The van der Waals surface area contributed by atoms with Crippen molar-refractivity contribution in [2.75, 3.05) is 0 Å². The summed E-state index contributed by atoms with van der Waals surface area (Å²) in [6.45, 7) is 4.06. The molecule has 17 heavy (non-hydrogen) atoms. The smallest absolute Gasteiger partial charge is 0.423 e. The Morgan fingerprint density at radius 3 is 2.12 bits per heavy atom. The molecule has 0 amide bonds. The molecule has 0 saturated heterocycles. The van der Waals surface area contributed by atoms with Crippen molar-refractivity contribution in [3.63, 3.8) is 0 Å². The zero-order valence-corrected chi connectivity index (χ0v) is 10.0. The van der Waals surface area contributed by atoms with E-state index in [2.05, 4.69) is 12.1 Å². The van der Waals surface area contributed by atoms with Gasteiger partial charge in [-0.15, -0.1) is 0 Å². The first-order chi connectivity index (χ1) is 8.08. The second-order valence-corrected chi connectivity index (χ2v) is 4.31. The van der Waals surface area contributed by atoms with Crippen molar-refractivity contribution in [3.05, 3.63) is 53.6 Å². The average Bonchev–Trinajstić information content (AvgIpc) is 2.31. The fourth-order valence-electron chi connectivity index (χ4n) is 1.84. The molecule has 0 radical (unpaired) electrons. The van der Waals surface area contributed by atoms with Crippen LogP contribution in [-0.2, 0) is 0 Å². The molecule has 2 nitrogen and oxygen atoms in total. The molecule has 2 rings (SSSR count). The second kappa shape index (κ2) is 4.74. The van der Waals surface area contributed by atoms with Crippen molar-refractivity contribution in [1.29, 1.82) is 0 Å². The van der Waals surface area contributed by atoms with Crippen LogP contribution in [0.5, 0.6) is 0 Å². The van der Waals surface area contributed by atoms with E-state index < -0.39 is 7.12 Å². The predicted octanol–water partition coefficient (Wildman–Crippen LogP) is 1.65. The maximum absolute atomic E-state index is 9.19. The lowest BCUT2D eigenvalue weighted by Gasteiger charge is -2.09. The van der Waals surface area contributed by atoms with Gasteiger partial charge in [-0.25, -0.2) is 0 Å². The molecule has 0 saturated carbocycles. The lowest BCUT2D eigenvalue weighted by molar-refractivity contribution is 0.426. The number of rotatable bonds is 2. The van der Waals surface area contributed by atoms with Crippen LogP contribution in [0, 0.1) is 13.8 Å². The van der Waals surface area contributed by atoms with Crippen molar-refractivity contribution < 1.29 is 10.0 Å². The van der Waals surface area contributed by atoms with Crippen LogP contribution in [0.25, 0.3) is 11.1 Å². The van der Waals surface area contributed by atoms with Crippen molar-refractivity contribution in [2.45, 2.75) is 13.8 Å². The first-order valence-corrected chi connectivity index (χ1v) is 5.61. The highest BCUT2D eigenvalue weighted by atomic mass is 16.4. The van der Waals surface area contributed by atoms with Gasteiger partial charge in [-0.1, -0.05) is 48.0 Å². The van der Waals surface area contributed by atoms with E-state index in [9.17, 15) is 10.0 Å². The fraction of sp³-hybridized carbons (Fsp3) is 0.143. The van der Waals surface area contributed by atoms with Gasteiger partial charge in [0.25, 0.3) is 0 Å². The highest BCUT2D eigenvalue weighted by Gasteiger charge is 2.12. The lowest BCUT2D eigenvalue weighted by atomic mass is 9.78. The van der Waals surface area contributed by atoms with Gasteiger partial charge >= 0.3 is 7.12 Å². The van der Waals surface area contributed by atoms with Crippen LogP contribution in [0.1, 0.15) is 11.1 Å². The highest BCUT2D eigenvalue weighted by molar-refractivity contribution is 6.58. The van der Waals surface area contributed by atoms with E-state index in [1.54, 1.807) is 6.07 Å². The summed E-state index contributed by atoms with van der Waals surface area (Å²) in [6, 6.07) is 13.7. The Morgan fingerprint density at radius 1 is 0.882 bits per heavy atom. The van der Waals surface area contributed by atoms with E-state index in [4.69, 9.17) is 0 Å². The third-order valence-electron chi connectivity index (χ3n) is 2.92. The molecule has 0 bridgehead atoms. The Morgan fingerprint density at radius 2 is 1.53 bits per heavy atom. The molecule has 0 aliphatic rings. The van der Waals surface area contributed by atoms with E-state index in [0.29, 0.717) is 5.46 Å². The summed E-state index contributed by atoms with van der Waals surface area (Å²) in [5.41, 5.74) is 4.99. The number of hydrogen-bond acceptors (Lipinski definition) is 2. The monoisotopic (exact) mass is 226 g/mol. The molecule has 3 heteroatoms. The SMILES string of the molecule is Cc1ccc(-c2cc(B(O)O)ccc2C)cc1. The molecule has 0 unspecified atom stereocenters. The summed E-state index contributed by atoms with van der Waals surface area (Å²) in [5.74, 6) is 0. The number of aryl methyl sites for hydroxylation is 2. The molecule has 0 atom stereocenters. The van der Waals surface area contributed by atoms with Crippen LogP contribution in [0.3, 0.4) is 0 Å². The quantitative estimate of drug-likeness (QED) is 0.764. The van der Waals surface area contributed by atoms with Crippen LogP contribution in [-0.4, -0.2) is 17.2 Å². The largest absolute Gasteiger partial charge is 0.488 e. The van der Waals surface area contributed by atoms with Crippen molar-refractivity contribution in [3.8, 4) is 11.1 Å². The van der Waals surface area contributed by atoms with Gasteiger partial charge in [-0.3, -0.25) is 0 Å². The van der Waals surface area contributed by atoms with Gasteiger partial charge in [0.1, 0.15) is 0 Å². The lowest BCUT2D eigenvalue weighted by Crippen LogP contribution is -2.29. The van der Waals surface area contributed by atoms with E-state index in [1.807, 2.05) is 38.1 Å². The summed E-state index contributed by atoms with van der Waals surface area (Å²) in [5, 5.41) is 18.4. The van der Waals surface area contributed by atoms with Crippen molar-refractivity contribution >= 4 is 12.6 Å². The summed E-state index contributed by atoms with van der Waals surface area (Å²) >= 11 is 0. The predicted molar refractivity (Wildman–Crippen MR) is 71.2 cm³/mol. The molecule has 2 N–H and O–H groups in total. The molecule has 0 aliphatic heterocycles. The van der Waals surface area contributed by atoms with Gasteiger partial charge in [-0.05, 0) is 36.0 Å². The Bertz CT molecular complexity index is 518. The summed E-state index contributed by atoms with van der Waals surface area (Å²) in [7, 11) is -1.42. The summed E-state index contributed by atoms with van der Waals surface area (Å²) in [6.07, 6.45) is 0. The topological polar surface area (TPSA) is 40.5 Å². The minimum atomic E-state index is -1.42. The number of hydrogen-bond donors (Lipinski definition) is 2. The van der Waals surface area contributed by atoms with Gasteiger partial charge in [-0.2, -0.15) is 0 Å². The third kappa shape index (κ3) is 2.57. The molecule has 2 aromatic carbocycles. The van der Waals surface area contributed by atoms with E-state index >= 15 is 0 Å². The maximum Gasteiger partial charge on any atom is 0.488 e. The second-order valence-electron chi connectivity index (χ2n) is 4.31. The van der Waals surface area contributed by atoms with Crippen LogP contribution in [0.15, 0.2) is 42.5 Å². The van der Waals surface area contributed by atoms with Crippen LogP contribution in [0.4, 0.5) is 0 Å². The Kier molecular flexibility index (Phi) is 3.32. The molecule has 0 spiro atoms. The van der Waals surface area contributed by atoms with Gasteiger partial charge in [0.15, 0.2) is 0 Å². The summed E-state index contributed by atoms with van der Waals surface area (Å²) in [4.78, 5) is 0.